The predicted molar refractivity (Wildman–Crippen MR) is 123 cm³/mol. The highest BCUT2D eigenvalue weighted by Gasteiger charge is 2.22. The summed E-state index contributed by atoms with van der Waals surface area (Å²) in [6.07, 6.45) is 2.58. The molecule has 1 aromatic carbocycles. The molecule has 1 aliphatic rings. The molecule has 2 rings (SSSR count). The minimum atomic E-state index is -0.0779. The lowest BCUT2D eigenvalue weighted by Gasteiger charge is -2.34. The molecule has 0 atom stereocenters. The number of guanidine groups is 1. The summed E-state index contributed by atoms with van der Waals surface area (Å²) in [4.78, 5) is 30.5. The molecule has 0 saturated carbocycles. The number of piperidine rings is 1. The van der Waals surface area contributed by atoms with Crippen molar-refractivity contribution in [3.05, 3.63) is 35.9 Å². The number of benzene rings is 1. The smallest absolute Gasteiger partial charge is 0.251 e. The third-order valence-electron chi connectivity index (χ3n) is 4.70. The quantitative estimate of drug-likeness (QED) is 0.231. The van der Waals surface area contributed by atoms with Crippen molar-refractivity contribution < 1.29 is 9.59 Å². The molecule has 1 saturated heterocycles. The van der Waals surface area contributed by atoms with Crippen LogP contribution in [0.15, 0.2) is 35.3 Å². The number of carbonyl (C=O) groups is 2. The van der Waals surface area contributed by atoms with Crippen LogP contribution in [-0.4, -0.2) is 62.4 Å². The summed E-state index contributed by atoms with van der Waals surface area (Å²) in [5.74, 6) is 1.35. The van der Waals surface area contributed by atoms with E-state index in [9.17, 15) is 9.59 Å². The van der Waals surface area contributed by atoms with E-state index in [1.807, 2.05) is 25.1 Å². The lowest BCUT2D eigenvalue weighted by Crippen LogP contribution is -2.46. The average Bonchev–Trinajstić information content (AvgIpc) is 2.71. The molecular formula is C20H32IN5O2. The van der Waals surface area contributed by atoms with Gasteiger partial charge in [0.1, 0.15) is 0 Å². The van der Waals surface area contributed by atoms with E-state index >= 15 is 0 Å². The maximum absolute atomic E-state index is 12.0. The number of aliphatic imine (C=N–C) groups is 1. The summed E-state index contributed by atoms with van der Waals surface area (Å²) in [6.45, 7) is 5.65. The van der Waals surface area contributed by atoms with Crippen LogP contribution in [0.4, 0.5) is 0 Å². The van der Waals surface area contributed by atoms with Crippen molar-refractivity contribution in [2.75, 3.05) is 39.8 Å². The summed E-state index contributed by atoms with van der Waals surface area (Å²) in [6, 6.07) is 9.19. The van der Waals surface area contributed by atoms with Gasteiger partial charge in [0.25, 0.3) is 5.91 Å². The van der Waals surface area contributed by atoms with Gasteiger partial charge in [-0.15, -0.1) is 24.0 Å². The molecule has 28 heavy (non-hydrogen) atoms. The zero-order valence-electron chi connectivity index (χ0n) is 16.7. The Balaban J connectivity index is 0.00000392. The number of halogens is 1. The molecule has 0 aliphatic carbocycles. The van der Waals surface area contributed by atoms with E-state index < -0.39 is 0 Å². The Morgan fingerprint density at radius 2 is 1.82 bits per heavy atom. The van der Waals surface area contributed by atoms with E-state index in [1.165, 1.54) is 0 Å². The second-order valence-electron chi connectivity index (χ2n) is 6.67. The Labute approximate surface area is 184 Å². The van der Waals surface area contributed by atoms with Crippen molar-refractivity contribution in [3.8, 4) is 0 Å². The molecule has 1 heterocycles. The van der Waals surface area contributed by atoms with Crippen LogP contribution in [0, 0.1) is 5.92 Å². The highest BCUT2D eigenvalue weighted by atomic mass is 127. The molecule has 3 N–H and O–H groups in total. The van der Waals surface area contributed by atoms with Gasteiger partial charge in [0.15, 0.2) is 5.96 Å². The Morgan fingerprint density at radius 1 is 1.14 bits per heavy atom. The third-order valence-corrected chi connectivity index (χ3v) is 4.70. The van der Waals surface area contributed by atoms with Crippen molar-refractivity contribution in [1.82, 2.24) is 20.9 Å². The molecule has 156 valence electrons. The summed E-state index contributed by atoms with van der Waals surface area (Å²) in [5.41, 5.74) is 0.659. The summed E-state index contributed by atoms with van der Waals surface area (Å²) >= 11 is 0. The monoisotopic (exact) mass is 501 g/mol. The van der Waals surface area contributed by atoms with E-state index in [1.54, 1.807) is 19.2 Å². The standard InChI is InChI=1S/C20H31N5O2.HI/c1-3-22-20(25-13-9-16(10-14-25)15-18(26)21-2)24-12-11-23-19(27)17-7-5-4-6-8-17;/h4-8,16H,3,9-15H2,1-2H3,(H,21,26)(H,22,24)(H,23,27);1H. The molecule has 7 nitrogen and oxygen atoms in total. The molecule has 8 heteroatoms. The van der Waals surface area contributed by atoms with Gasteiger partial charge in [-0.25, -0.2) is 0 Å². The lowest BCUT2D eigenvalue weighted by atomic mass is 9.93. The lowest BCUT2D eigenvalue weighted by molar-refractivity contribution is -0.121. The molecule has 1 aliphatic heterocycles. The number of hydrogen-bond acceptors (Lipinski definition) is 3. The highest BCUT2D eigenvalue weighted by molar-refractivity contribution is 14.0. The fourth-order valence-electron chi connectivity index (χ4n) is 3.16. The molecule has 2 amide bonds. The van der Waals surface area contributed by atoms with Crippen LogP contribution in [0.5, 0.6) is 0 Å². The number of amides is 2. The second kappa shape index (κ2) is 13.4. The summed E-state index contributed by atoms with van der Waals surface area (Å²) < 4.78 is 0. The largest absolute Gasteiger partial charge is 0.359 e. The average molecular weight is 501 g/mol. The van der Waals surface area contributed by atoms with Crippen LogP contribution < -0.4 is 16.0 Å². The number of nitrogens with zero attached hydrogens (tertiary/aromatic N) is 2. The van der Waals surface area contributed by atoms with Crippen molar-refractivity contribution in [2.24, 2.45) is 10.9 Å². The number of likely N-dealkylation sites (tertiary alicyclic amines) is 1. The Bertz CT molecular complexity index is 631. The van der Waals surface area contributed by atoms with Crippen LogP contribution in [0.1, 0.15) is 36.5 Å². The molecule has 1 aromatic rings. The first-order valence-corrected chi connectivity index (χ1v) is 9.71. The van der Waals surface area contributed by atoms with Gasteiger partial charge in [-0.1, -0.05) is 18.2 Å². The van der Waals surface area contributed by atoms with Crippen LogP contribution in [-0.2, 0) is 4.79 Å². The second-order valence-corrected chi connectivity index (χ2v) is 6.67. The van der Waals surface area contributed by atoms with Gasteiger partial charge in [-0.05, 0) is 37.8 Å². The number of hydrogen-bond donors (Lipinski definition) is 3. The Morgan fingerprint density at radius 3 is 2.43 bits per heavy atom. The van der Waals surface area contributed by atoms with Gasteiger partial charge in [0, 0.05) is 45.2 Å². The molecule has 1 fully saturated rings. The zero-order chi connectivity index (χ0) is 19.5. The third kappa shape index (κ3) is 8.04. The van der Waals surface area contributed by atoms with E-state index in [2.05, 4.69) is 25.8 Å². The molecule has 0 unspecified atom stereocenters. The first kappa shape index (κ1) is 24.2. The number of carbonyl (C=O) groups excluding carboxylic acids is 2. The molecule has 0 bridgehead atoms. The summed E-state index contributed by atoms with van der Waals surface area (Å²) in [7, 11) is 1.68. The van der Waals surface area contributed by atoms with Gasteiger partial charge < -0.3 is 20.9 Å². The minimum absolute atomic E-state index is 0. The minimum Gasteiger partial charge on any atom is -0.359 e. The summed E-state index contributed by atoms with van der Waals surface area (Å²) in [5, 5.41) is 8.92. The van der Waals surface area contributed by atoms with Crippen molar-refractivity contribution in [3.63, 3.8) is 0 Å². The van der Waals surface area contributed by atoms with Crippen LogP contribution in [0.3, 0.4) is 0 Å². The maximum Gasteiger partial charge on any atom is 0.251 e. The van der Waals surface area contributed by atoms with Gasteiger partial charge in [-0.2, -0.15) is 0 Å². The van der Waals surface area contributed by atoms with Crippen LogP contribution in [0.2, 0.25) is 0 Å². The van der Waals surface area contributed by atoms with Gasteiger partial charge in [0.05, 0.1) is 6.54 Å². The Hall–Kier alpha value is -1.84. The number of rotatable bonds is 7. The normalized spacial score (nSPS) is 14.8. The highest BCUT2D eigenvalue weighted by Crippen LogP contribution is 2.20. The van der Waals surface area contributed by atoms with Gasteiger partial charge in [-0.3, -0.25) is 14.6 Å². The van der Waals surface area contributed by atoms with Crippen molar-refractivity contribution in [2.45, 2.75) is 26.2 Å². The fraction of sp³-hybridized carbons (Fsp3) is 0.550. The molecule has 0 aromatic heterocycles. The van der Waals surface area contributed by atoms with Crippen LogP contribution >= 0.6 is 24.0 Å². The van der Waals surface area contributed by atoms with Gasteiger partial charge >= 0.3 is 0 Å². The topological polar surface area (TPSA) is 85.8 Å². The predicted octanol–water partition coefficient (Wildman–Crippen LogP) is 1.85. The van der Waals surface area contributed by atoms with E-state index in [4.69, 9.17) is 0 Å². The fourth-order valence-corrected chi connectivity index (χ4v) is 3.16. The SMILES string of the molecule is CCNC(=NCCNC(=O)c1ccccc1)N1CCC(CC(=O)NC)CC1.I. The zero-order valence-corrected chi connectivity index (χ0v) is 19.1. The maximum atomic E-state index is 12.0. The first-order chi connectivity index (χ1) is 13.1. The molecular weight excluding hydrogens is 469 g/mol. The van der Waals surface area contributed by atoms with E-state index in [-0.39, 0.29) is 35.8 Å². The molecule has 0 spiro atoms. The van der Waals surface area contributed by atoms with Crippen LogP contribution in [0.25, 0.3) is 0 Å². The first-order valence-electron chi connectivity index (χ1n) is 9.71. The number of nitrogens with one attached hydrogen (secondary N) is 3. The Kier molecular flexibility index (Phi) is 11.5. The molecule has 0 radical (unpaired) electrons. The van der Waals surface area contributed by atoms with E-state index in [0.29, 0.717) is 31.0 Å². The van der Waals surface area contributed by atoms with Crippen molar-refractivity contribution in [1.29, 1.82) is 0 Å². The van der Waals surface area contributed by atoms with Crippen molar-refractivity contribution >= 4 is 41.8 Å². The van der Waals surface area contributed by atoms with Gasteiger partial charge in [0.2, 0.25) is 5.91 Å². The van der Waals surface area contributed by atoms with E-state index in [0.717, 1.165) is 38.4 Å².